The first-order valence-electron chi connectivity index (χ1n) is 7.67. The van der Waals surface area contributed by atoms with Crippen LogP contribution in [0.5, 0.6) is 5.75 Å². The highest BCUT2D eigenvalue weighted by Crippen LogP contribution is 2.36. The van der Waals surface area contributed by atoms with Gasteiger partial charge in [-0.05, 0) is 49.3 Å². The fourth-order valence-electron chi connectivity index (χ4n) is 2.89. The predicted octanol–water partition coefficient (Wildman–Crippen LogP) is 3.97. The molecule has 1 N–H and O–H groups in total. The molecule has 0 spiro atoms. The van der Waals surface area contributed by atoms with Gasteiger partial charge in [0.2, 0.25) is 0 Å². The quantitative estimate of drug-likeness (QED) is 0.836. The monoisotopic (exact) mass is 261 g/mol. The maximum atomic E-state index is 5.76. The maximum Gasteiger partial charge on any atom is 0.122 e. The summed E-state index contributed by atoms with van der Waals surface area (Å²) < 4.78 is 5.76. The van der Waals surface area contributed by atoms with Crippen molar-refractivity contribution in [3.8, 4) is 5.75 Å². The van der Waals surface area contributed by atoms with Gasteiger partial charge in [0.15, 0.2) is 0 Å². The molecule has 2 atom stereocenters. The maximum absolute atomic E-state index is 5.76. The van der Waals surface area contributed by atoms with Crippen LogP contribution in [0.1, 0.15) is 51.5 Å². The molecule has 2 heteroatoms. The molecule has 2 unspecified atom stereocenters. The molecule has 0 radical (unpaired) electrons. The third-order valence-corrected chi connectivity index (χ3v) is 4.08. The van der Waals surface area contributed by atoms with E-state index in [0.717, 1.165) is 25.3 Å². The fraction of sp³-hybridized carbons (Fsp3) is 0.647. The summed E-state index contributed by atoms with van der Waals surface area (Å²) >= 11 is 0. The Morgan fingerprint density at radius 1 is 1.32 bits per heavy atom. The first kappa shape index (κ1) is 14.4. The lowest BCUT2D eigenvalue weighted by Crippen LogP contribution is -2.36. The van der Waals surface area contributed by atoms with Crippen LogP contribution in [0.15, 0.2) is 24.3 Å². The zero-order valence-electron chi connectivity index (χ0n) is 12.5. The molecule has 0 fully saturated rings. The molecule has 1 aliphatic rings. The Morgan fingerprint density at radius 3 is 2.84 bits per heavy atom. The van der Waals surface area contributed by atoms with Gasteiger partial charge in [-0.15, -0.1) is 0 Å². The molecule has 0 amide bonds. The third kappa shape index (κ3) is 3.73. The van der Waals surface area contributed by atoms with Crippen LogP contribution in [0, 0.1) is 5.92 Å². The van der Waals surface area contributed by atoms with E-state index in [1.807, 2.05) is 0 Å². The van der Waals surface area contributed by atoms with Crippen LogP contribution in [0.25, 0.3) is 0 Å². The summed E-state index contributed by atoms with van der Waals surface area (Å²) in [6.45, 7) is 8.85. The van der Waals surface area contributed by atoms with Gasteiger partial charge < -0.3 is 10.1 Å². The smallest absolute Gasteiger partial charge is 0.122 e. The average Bonchev–Trinajstić information content (AvgIpc) is 2.43. The first-order chi connectivity index (χ1) is 9.22. The van der Waals surface area contributed by atoms with Crippen LogP contribution in [-0.2, 0) is 0 Å². The molecule has 0 saturated carbocycles. The largest absolute Gasteiger partial charge is 0.493 e. The van der Waals surface area contributed by atoms with Crippen molar-refractivity contribution in [3.05, 3.63) is 29.8 Å². The van der Waals surface area contributed by atoms with Gasteiger partial charge in [0.05, 0.1) is 6.61 Å². The Bertz CT molecular complexity index is 389. The SMILES string of the molecule is CCCNC(CC1CCOc2ccccc21)C(C)C. The van der Waals surface area contributed by atoms with Crippen LogP contribution >= 0.6 is 0 Å². The normalized spacial score (nSPS) is 19.9. The van der Waals surface area contributed by atoms with Crippen LogP contribution in [0.4, 0.5) is 0 Å². The van der Waals surface area contributed by atoms with Crippen molar-refractivity contribution in [1.82, 2.24) is 5.32 Å². The summed E-state index contributed by atoms with van der Waals surface area (Å²) in [4.78, 5) is 0. The van der Waals surface area contributed by atoms with Crippen molar-refractivity contribution >= 4 is 0 Å². The standard InChI is InChI=1S/C17H27NO/c1-4-10-18-16(13(2)3)12-14-9-11-19-17-8-6-5-7-15(14)17/h5-8,13-14,16,18H,4,9-12H2,1-3H3. The van der Waals surface area contributed by atoms with E-state index in [4.69, 9.17) is 4.74 Å². The highest BCUT2D eigenvalue weighted by atomic mass is 16.5. The van der Waals surface area contributed by atoms with Crippen LogP contribution in [-0.4, -0.2) is 19.2 Å². The predicted molar refractivity (Wildman–Crippen MR) is 80.8 cm³/mol. The summed E-state index contributed by atoms with van der Waals surface area (Å²) in [5.41, 5.74) is 1.40. The lowest BCUT2D eigenvalue weighted by atomic mass is 9.84. The second-order valence-electron chi connectivity index (χ2n) is 5.91. The molecular weight excluding hydrogens is 234 g/mol. The molecule has 2 rings (SSSR count). The van der Waals surface area contributed by atoms with Crippen molar-refractivity contribution in [3.63, 3.8) is 0 Å². The number of ether oxygens (including phenoxy) is 1. The third-order valence-electron chi connectivity index (χ3n) is 4.08. The highest BCUT2D eigenvalue weighted by Gasteiger charge is 2.25. The van der Waals surface area contributed by atoms with Gasteiger partial charge in [-0.2, -0.15) is 0 Å². The highest BCUT2D eigenvalue weighted by molar-refractivity contribution is 5.37. The molecule has 1 aromatic carbocycles. The number of fused-ring (bicyclic) bond motifs is 1. The Kier molecular flexibility index (Phi) is 5.26. The lowest BCUT2D eigenvalue weighted by Gasteiger charge is -2.31. The van der Waals surface area contributed by atoms with Crippen molar-refractivity contribution < 1.29 is 4.74 Å². The molecular formula is C17H27NO. The molecule has 1 heterocycles. The minimum atomic E-state index is 0.608. The van der Waals surface area contributed by atoms with E-state index in [2.05, 4.69) is 50.4 Å². The van der Waals surface area contributed by atoms with Gasteiger partial charge in [0.1, 0.15) is 5.75 Å². The summed E-state index contributed by atoms with van der Waals surface area (Å²) in [6.07, 6.45) is 3.57. The van der Waals surface area contributed by atoms with Crippen LogP contribution in [0.3, 0.4) is 0 Å². The Morgan fingerprint density at radius 2 is 2.11 bits per heavy atom. The second-order valence-corrected chi connectivity index (χ2v) is 5.91. The van der Waals surface area contributed by atoms with Gasteiger partial charge in [-0.3, -0.25) is 0 Å². The molecule has 2 nitrogen and oxygen atoms in total. The topological polar surface area (TPSA) is 21.3 Å². The number of para-hydroxylation sites is 1. The average molecular weight is 261 g/mol. The molecule has 0 bridgehead atoms. The van der Waals surface area contributed by atoms with E-state index < -0.39 is 0 Å². The second kappa shape index (κ2) is 6.95. The minimum Gasteiger partial charge on any atom is -0.493 e. The molecule has 0 aliphatic carbocycles. The number of hydrogen-bond acceptors (Lipinski definition) is 2. The number of benzene rings is 1. The van der Waals surface area contributed by atoms with Crippen molar-refractivity contribution in [1.29, 1.82) is 0 Å². The Balaban J connectivity index is 2.05. The number of rotatable bonds is 6. The van der Waals surface area contributed by atoms with E-state index in [0.29, 0.717) is 17.9 Å². The van der Waals surface area contributed by atoms with E-state index in [-0.39, 0.29) is 0 Å². The van der Waals surface area contributed by atoms with Crippen LogP contribution < -0.4 is 10.1 Å². The van der Waals surface area contributed by atoms with Gasteiger partial charge in [-0.1, -0.05) is 39.0 Å². The molecule has 0 saturated heterocycles. The minimum absolute atomic E-state index is 0.608. The molecule has 106 valence electrons. The Labute approximate surface area is 117 Å². The molecule has 0 aromatic heterocycles. The van der Waals surface area contributed by atoms with Gasteiger partial charge in [-0.25, -0.2) is 0 Å². The van der Waals surface area contributed by atoms with Gasteiger partial charge >= 0.3 is 0 Å². The van der Waals surface area contributed by atoms with Crippen molar-refractivity contribution in [2.75, 3.05) is 13.2 Å². The summed E-state index contributed by atoms with van der Waals surface area (Å²) in [7, 11) is 0. The summed E-state index contributed by atoms with van der Waals surface area (Å²) in [6, 6.07) is 9.14. The zero-order chi connectivity index (χ0) is 13.7. The number of hydrogen-bond donors (Lipinski definition) is 1. The molecule has 1 aromatic rings. The van der Waals surface area contributed by atoms with Crippen molar-refractivity contribution in [2.24, 2.45) is 5.92 Å². The first-order valence-corrected chi connectivity index (χ1v) is 7.67. The van der Waals surface area contributed by atoms with Crippen molar-refractivity contribution in [2.45, 2.75) is 52.0 Å². The van der Waals surface area contributed by atoms with E-state index >= 15 is 0 Å². The van der Waals surface area contributed by atoms with Gasteiger partial charge in [0, 0.05) is 6.04 Å². The molecule has 1 aliphatic heterocycles. The van der Waals surface area contributed by atoms with Crippen LogP contribution in [0.2, 0.25) is 0 Å². The summed E-state index contributed by atoms with van der Waals surface area (Å²) in [5, 5.41) is 3.71. The fourth-order valence-corrected chi connectivity index (χ4v) is 2.89. The summed E-state index contributed by atoms with van der Waals surface area (Å²) in [5.74, 6) is 2.42. The molecule has 19 heavy (non-hydrogen) atoms. The Hall–Kier alpha value is -1.02. The zero-order valence-corrected chi connectivity index (χ0v) is 12.5. The van der Waals surface area contributed by atoms with E-state index in [9.17, 15) is 0 Å². The number of nitrogens with one attached hydrogen (secondary N) is 1. The van der Waals surface area contributed by atoms with E-state index in [1.165, 1.54) is 18.4 Å². The lowest BCUT2D eigenvalue weighted by molar-refractivity contribution is 0.245. The van der Waals surface area contributed by atoms with E-state index in [1.54, 1.807) is 0 Å². The van der Waals surface area contributed by atoms with Gasteiger partial charge in [0.25, 0.3) is 0 Å².